The molecule has 2 N–H and O–H groups in total. The number of aliphatic hydroxyl groups is 2. The van der Waals surface area contributed by atoms with Crippen LogP contribution in [0.25, 0.3) is 10.8 Å². The number of ether oxygens (including phenoxy) is 1. The molecular weight excluding hydrogens is 594 g/mol. The minimum Gasteiger partial charge on any atom is -0.497 e. The van der Waals surface area contributed by atoms with Gasteiger partial charge < -0.3 is 19.8 Å². The molecule has 2 aliphatic rings. The third kappa shape index (κ3) is 5.15. The van der Waals surface area contributed by atoms with E-state index >= 15 is 0 Å². The third-order valence-corrected chi connectivity index (χ3v) is 9.13. The van der Waals surface area contributed by atoms with Crippen LogP contribution in [0.5, 0.6) is 5.75 Å². The fraction of sp³-hybridized carbons (Fsp3) is 0.243. The Bertz CT molecular complexity index is 2010. The molecule has 7 rings (SSSR count). The summed E-state index contributed by atoms with van der Waals surface area (Å²) >= 11 is 0. The number of hydrogen-bond acceptors (Lipinski definition) is 7. The molecule has 10 nitrogen and oxygen atoms in total. The number of anilines is 3. The van der Waals surface area contributed by atoms with Crippen molar-refractivity contribution in [3.8, 4) is 5.75 Å². The van der Waals surface area contributed by atoms with E-state index in [1.807, 2.05) is 85.8 Å². The second kappa shape index (κ2) is 12.1. The summed E-state index contributed by atoms with van der Waals surface area (Å²) in [7, 11) is 1.56. The first-order chi connectivity index (χ1) is 22.8. The highest BCUT2D eigenvalue weighted by molar-refractivity contribution is 6.27. The maximum atomic E-state index is 14.1. The Balaban J connectivity index is 1.11. The van der Waals surface area contributed by atoms with E-state index in [-0.39, 0.29) is 19.1 Å². The molecular formula is C37H35N5O5. The normalized spacial score (nSPS) is 17.7. The van der Waals surface area contributed by atoms with Crippen molar-refractivity contribution in [2.24, 2.45) is 5.92 Å². The molecule has 0 spiro atoms. The molecule has 10 heteroatoms. The number of benzene rings is 4. The highest BCUT2D eigenvalue weighted by Gasteiger charge is 2.52. The van der Waals surface area contributed by atoms with Crippen LogP contribution >= 0.6 is 0 Å². The van der Waals surface area contributed by atoms with E-state index in [0.29, 0.717) is 42.0 Å². The zero-order chi connectivity index (χ0) is 32.7. The quantitative estimate of drug-likeness (QED) is 0.191. The van der Waals surface area contributed by atoms with Gasteiger partial charge in [-0.15, -0.1) is 5.10 Å². The molecule has 0 saturated heterocycles. The van der Waals surface area contributed by atoms with Crippen molar-refractivity contribution in [3.05, 3.63) is 120 Å². The standard InChI is InChI=1S/C37H35N5O5/c1-24(7-3-4-19-40-23-27(18-20-43)38-39-40)37(46)31-21-29(47-2)16-17-32(31)41(36(37)45)22-25-12-14-28(15-13-25)42-33-11-6-9-26-8-5-10-30(34(26)33)35(42)44/h3,5-17,21,23-24,43,46H,4,18-20,22H2,1-2H3/b7-3+/t24-,37+/m1/s1. The summed E-state index contributed by atoms with van der Waals surface area (Å²) in [6.07, 6.45) is 6.67. The van der Waals surface area contributed by atoms with Crippen LogP contribution in [0.4, 0.5) is 17.1 Å². The predicted molar refractivity (Wildman–Crippen MR) is 179 cm³/mol. The van der Waals surface area contributed by atoms with Gasteiger partial charge in [0.2, 0.25) is 0 Å². The van der Waals surface area contributed by atoms with Crippen molar-refractivity contribution in [1.82, 2.24) is 15.0 Å². The van der Waals surface area contributed by atoms with Crippen molar-refractivity contribution in [3.63, 3.8) is 0 Å². The SMILES string of the molecule is COc1ccc2c(c1)[C@@](O)([C@H](C)/C=C/CCn1cc(CCO)nn1)C(=O)N2Cc1ccc(N2C(=O)c3cccc4cccc2c34)cc1. The lowest BCUT2D eigenvalue weighted by atomic mass is 9.83. The molecule has 5 aromatic rings. The zero-order valence-corrected chi connectivity index (χ0v) is 26.2. The Hall–Kier alpha value is -5.32. The van der Waals surface area contributed by atoms with Crippen LogP contribution in [-0.4, -0.2) is 50.7 Å². The Morgan fingerprint density at radius 1 is 1.00 bits per heavy atom. The molecule has 0 aliphatic carbocycles. The number of carbonyl (C=O) groups is 2. The maximum absolute atomic E-state index is 14.1. The van der Waals surface area contributed by atoms with Crippen molar-refractivity contribution < 1.29 is 24.5 Å². The molecule has 0 saturated carbocycles. The highest BCUT2D eigenvalue weighted by atomic mass is 16.5. The molecule has 3 heterocycles. The Morgan fingerprint density at radius 2 is 1.79 bits per heavy atom. The summed E-state index contributed by atoms with van der Waals surface area (Å²) in [6.45, 7) is 2.66. The molecule has 4 aromatic carbocycles. The van der Waals surface area contributed by atoms with Gasteiger partial charge in [0.05, 0.1) is 36.3 Å². The molecule has 47 heavy (non-hydrogen) atoms. The first kappa shape index (κ1) is 30.3. The van der Waals surface area contributed by atoms with Gasteiger partial charge in [-0.25, -0.2) is 0 Å². The number of aliphatic hydroxyl groups excluding tert-OH is 1. The maximum Gasteiger partial charge on any atom is 0.264 e. The number of fused-ring (bicyclic) bond motifs is 1. The minimum absolute atomic E-state index is 0.0172. The van der Waals surface area contributed by atoms with Gasteiger partial charge in [0.1, 0.15) is 5.75 Å². The van der Waals surface area contributed by atoms with E-state index in [1.165, 1.54) is 0 Å². The Labute approximate surface area is 272 Å². The number of rotatable bonds is 11. The summed E-state index contributed by atoms with van der Waals surface area (Å²) < 4.78 is 7.17. The number of methoxy groups -OCH3 is 1. The van der Waals surface area contributed by atoms with Gasteiger partial charge in [-0.05, 0) is 59.8 Å². The van der Waals surface area contributed by atoms with E-state index in [1.54, 1.807) is 39.9 Å². The number of allylic oxidation sites excluding steroid dienone is 1. The van der Waals surface area contributed by atoms with Crippen LogP contribution in [0.2, 0.25) is 0 Å². The molecule has 2 amide bonds. The molecule has 0 unspecified atom stereocenters. The first-order valence-electron chi connectivity index (χ1n) is 15.7. The number of hydrogen-bond donors (Lipinski definition) is 2. The van der Waals surface area contributed by atoms with Gasteiger partial charge in [-0.3, -0.25) is 19.2 Å². The van der Waals surface area contributed by atoms with Crippen molar-refractivity contribution in [2.45, 2.75) is 38.5 Å². The molecule has 0 radical (unpaired) electrons. The molecule has 2 atom stereocenters. The van der Waals surface area contributed by atoms with Gasteiger partial charge in [0, 0.05) is 48.3 Å². The summed E-state index contributed by atoms with van der Waals surface area (Å²) in [5.74, 6) is -0.473. The smallest absolute Gasteiger partial charge is 0.264 e. The number of aryl methyl sites for hydroxylation is 1. The van der Waals surface area contributed by atoms with E-state index in [4.69, 9.17) is 9.84 Å². The monoisotopic (exact) mass is 629 g/mol. The Morgan fingerprint density at radius 3 is 2.55 bits per heavy atom. The van der Waals surface area contributed by atoms with Crippen LogP contribution in [0.1, 0.15) is 40.5 Å². The fourth-order valence-electron chi connectivity index (χ4n) is 6.64. The summed E-state index contributed by atoms with van der Waals surface area (Å²) in [5.41, 5.74) is 3.18. The molecule has 2 aliphatic heterocycles. The largest absolute Gasteiger partial charge is 0.497 e. The van der Waals surface area contributed by atoms with Crippen LogP contribution in [0, 0.1) is 5.92 Å². The Kier molecular flexibility index (Phi) is 7.83. The molecule has 0 fully saturated rings. The zero-order valence-electron chi connectivity index (χ0n) is 26.2. The van der Waals surface area contributed by atoms with Crippen LogP contribution in [0.15, 0.2) is 97.2 Å². The topological polar surface area (TPSA) is 121 Å². The average molecular weight is 630 g/mol. The second-order valence-corrected chi connectivity index (χ2v) is 12.0. The lowest BCUT2D eigenvalue weighted by Gasteiger charge is -2.28. The van der Waals surface area contributed by atoms with Crippen LogP contribution in [-0.2, 0) is 29.9 Å². The van der Waals surface area contributed by atoms with Gasteiger partial charge in [0.25, 0.3) is 11.8 Å². The van der Waals surface area contributed by atoms with E-state index in [0.717, 1.165) is 33.4 Å². The van der Waals surface area contributed by atoms with Crippen molar-refractivity contribution >= 4 is 39.6 Å². The van der Waals surface area contributed by atoms with E-state index < -0.39 is 17.4 Å². The number of nitrogens with zero attached hydrogens (tertiary/aromatic N) is 5. The summed E-state index contributed by atoms with van der Waals surface area (Å²) in [4.78, 5) is 30.9. The predicted octanol–water partition coefficient (Wildman–Crippen LogP) is 5.28. The van der Waals surface area contributed by atoms with Crippen LogP contribution in [0.3, 0.4) is 0 Å². The second-order valence-electron chi connectivity index (χ2n) is 12.0. The molecule has 238 valence electrons. The molecule has 1 aromatic heterocycles. The van der Waals surface area contributed by atoms with Gasteiger partial charge >= 0.3 is 0 Å². The summed E-state index contributed by atoms with van der Waals surface area (Å²) in [6, 6.07) is 24.6. The van der Waals surface area contributed by atoms with E-state index in [9.17, 15) is 14.7 Å². The number of amides is 2. The lowest BCUT2D eigenvalue weighted by molar-refractivity contribution is -0.139. The average Bonchev–Trinajstić information content (AvgIpc) is 3.73. The van der Waals surface area contributed by atoms with Crippen molar-refractivity contribution in [2.75, 3.05) is 23.5 Å². The van der Waals surface area contributed by atoms with Gasteiger partial charge in [-0.1, -0.05) is 60.7 Å². The number of carbonyl (C=O) groups excluding carboxylic acids is 2. The third-order valence-electron chi connectivity index (χ3n) is 9.13. The van der Waals surface area contributed by atoms with Gasteiger partial charge in [0.15, 0.2) is 5.60 Å². The van der Waals surface area contributed by atoms with E-state index in [2.05, 4.69) is 10.3 Å². The fourth-order valence-corrected chi connectivity index (χ4v) is 6.64. The van der Waals surface area contributed by atoms with Crippen LogP contribution < -0.4 is 14.5 Å². The van der Waals surface area contributed by atoms with Crippen molar-refractivity contribution in [1.29, 1.82) is 0 Å². The minimum atomic E-state index is -1.80. The highest BCUT2D eigenvalue weighted by Crippen LogP contribution is 2.47. The summed E-state index contributed by atoms with van der Waals surface area (Å²) in [5, 5.41) is 31.3. The molecule has 0 bridgehead atoms. The van der Waals surface area contributed by atoms with Gasteiger partial charge in [-0.2, -0.15) is 0 Å². The lowest BCUT2D eigenvalue weighted by Crippen LogP contribution is -2.44. The number of aromatic nitrogens is 3. The first-order valence-corrected chi connectivity index (χ1v) is 15.7.